The average Bonchev–Trinajstić information content (AvgIpc) is 2.79. The summed E-state index contributed by atoms with van der Waals surface area (Å²) < 4.78 is 5.13. The zero-order valence-electron chi connectivity index (χ0n) is 17.9. The van der Waals surface area contributed by atoms with E-state index in [-0.39, 0.29) is 35.3 Å². The topological polar surface area (TPSA) is 114 Å². The maximum Gasteiger partial charge on any atom is 0.273 e. The number of hydrogen-bond donors (Lipinski definition) is 2. The van der Waals surface area contributed by atoms with Crippen molar-refractivity contribution in [3.8, 4) is 5.75 Å². The van der Waals surface area contributed by atoms with Gasteiger partial charge in [-0.3, -0.25) is 14.4 Å². The number of ether oxygens (including phenoxy) is 1. The molecule has 1 aliphatic rings. The Morgan fingerprint density at radius 2 is 1.71 bits per heavy atom. The first-order valence-electron chi connectivity index (χ1n) is 10.2. The second-order valence-corrected chi connectivity index (χ2v) is 7.67. The second kappa shape index (κ2) is 10.0. The third-order valence-corrected chi connectivity index (χ3v) is 5.13. The molecule has 31 heavy (non-hydrogen) atoms. The number of likely N-dealkylation sites (tertiary alicyclic amines) is 1. The second-order valence-electron chi connectivity index (χ2n) is 7.67. The van der Waals surface area contributed by atoms with Gasteiger partial charge < -0.3 is 20.3 Å². The molecule has 1 fully saturated rings. The number of nitrogens with zero attached hydrogens (tertiary/aromatic N) is 3. The van der Waals surface area contributed by atoms with E-state index in [0.29, 0.717) is 37.2 Å². The Morgan fingerprint density at radius 1 is 1.06 bits per heavy atom. The van der Waals surface area contributed by atoms with Gasteiger partial charge in [0.1, 0.15) is 5.75 Å². The van der Waals surface area contributed by atoms with Crippen LogP contribution in [0.25, 0.3) is 0 Å². The number of aromatic nitrogens is 2. The molecular formula is C22H27N5O4. The van der Waals surface area contributed by atoms with Crippen LogP contribution in [0.4, 0.5) is 5.82 Å². The van der Waals surface area contributed by atoms with E-state index < -0.39 is 5.91 Å². The number of rotatable bonds is 6. The zero-order valence-corrected chi connectivity index (χ0v) is 17.9. The minimum atomic E-state index is -0.396. The molecule has 2 heterocycles. The first-order valence-corrected chi connectivity index (χ1v) is 10.2. The van der Waals surface area contributed by atoms with E-state index in [1.54, 1.807) is 50.1 Å². The smallest absolute Gasteiger partial charge is 0.273 e. The van der Waals surface area contributed by atoms with Crippen LogP contribution in [0, 0.1) is 5.92 Å². The summed E-state index contributed by atoms with van der Waals surface area (Å²) in [7, 11) is 1.58. The van der Waals surface area contributed by atoms with Crippen molar-refractivity contribution in [1.29, 1.82) is 0 Å². The number of piperidine rings is 1. The highest BCUT2D eigenvalue weighted by molar-refractivity contribution is 6.01. The average molecular weight is 425 g/mol. The molecule has 1 aliphatic heterocycles. The Labute approximate surface area is 181 Å². The van der Waals surface area contributed by atoms with Gasteiger partial charge in [-0.2, -0.15) is 0 Å². The van der Waals surface area contributed by atoms with Crippen molar-refractivity contribution in [3.63, 3.8) is 0 Å². The summed E-state index contributed by atoms with van der Waals surface area (Å²) in [6.45, 7) is 4.58. The number of methoxy groups -OCH3 is 1. The number of amides is 3. The van der Waals surface area contributed by atoms with Crippen molar-refractivity contribution in [2.75, 3.05) is 25.5 Å². The molecule has 2 aromatic rings. The van der Waals surface area contributed by atoms with Gasteiger partial charge >= 0.3 is 0 Å². The standard InChI is InChI=1S/C22H27N5O4/c1-14(2)20(28)26-19-18(23-10-11-24-19)21(29)25-16-8-12-27(13-9-16)22(30)15-4-6-17(31-3)7-5-15/h4-7,10-11,14,16H,8-9,12-13H2,1-3H3,(H,25,29)(H,24,26,28). The molecule has 0 atom stereocenters. The van der Waals surface area contributed by atoms with Crippen LogP contribution in [0.15, 0.2) is 36.7 Å². The van der Waals surface area contributed by atoms with Crippen molar-refractivity contribution in [1.82, 2.24) is 20.2 Å². The summed E-state index contributed by atoms with van der Waals surface area (Å²) in [5.74, 6) is -0.0748. The number of benzene rings is 1. The van der Waals surface area contributed by atoms with Gasteiger partial charge in [-0.1, -0.05) is 13.8 Å². The molecule has 1 aromatic carbocycles. The molecule has 0 bridgehead atoms. The maximum absolute atomic E-state index is 12.7. The normalized spacial score (nSPS) is 14.3. The summed E-state index contributed by atoms with van der Waals surface area (Å²) in [4.78, 5) is 47.3. The van der Waals surface area contributed by atoms with Gasteiger partial charge in [-0.15, -0.1) is 0 Å². The fraction of sp³-hybridized carbons (Fsp3) is 0.409. The van der Waals surface area contributed by atoms with Gasteiger partial charge in [0.2, 0.25) is 5.91 Å². The Bertz CT molecular complexity index is 937. The highest BCUT2D eigenvalue weighted by Crippen LogP contribution is 2.18. The van der Waals surface area contributed by atoms with Crippen molar-refractivity contribution >= 4 is 23.5 Å². The lowest BCUT2D eigenvalue weighted by Crippen LogP contribution is -2.46. The summed E-state index contributed by atoms with van der Waals surface area (Å²) in [5, 5.41) is 5.59. The van der Waals surface area contributed by atoms with Gasteiger partial charge in [-0.05, 0) is 37.1 Å². The lowest BCUT2D eigenvalue weighted by Gasteiger charge is -2.32. The van der Waals surface area contributed by atoms with E-state index in [0.717, 1.165) is 0 Å². The number of anilines is 1. The van der Waals surface area contributed by atoms with Gasteiger partial charge in [0.25, 0.3) is 11.8 Å². The molecule has 9 heteroatoms. The SMILES string of the molecule is COc1ccc(C(=O)N2CCC(NC(=O)c3nccnc3NC(=O)C(C)C)CC2)cc1. The largest absolute Gasteiger partial charge is 0.497 e. The van der Waals surface area contributed by atoms with Crippen molar-refractivity contribution in [2.45, 2.75) is 32.7 Å². The fourth-order valence-electron chi connectivity index (χ4n) is 3.25. The molecular weight excluding hydrogens is 398 g/mol. The molecule has 2 N–H and O–H groups in total. The zero-order chi connectivity index (χ0) is 22.4. The van der Waals surface area contributed by atoms with Crippen LogP contribution in [-0.2, 0) is 4.79 Å². The number of nitrogens with one attached hydrogen (secondary N) is 2. The van der Waals surface area contributed by atoms with Crippen LogP contribution in [0.2, 0.25) is 0 Å². The van der Waals surface area contributed by atoms with Crippen LogP contribution < -0.4 is 15.4 Å². The number of carbonyl (C=O) groups excluding carboxylic acids is 3. The van der Waals surface area contributed by atoms with Crippen LogP contribution in [-0.4, -0.2) is 58.8 Å². The number of hydrogen-bond acceptors (Lipinski definition) is 6. The maximum atomic E-state index is 12.7. The predicted molar refractivity (Wildman–Crippen MR) is 115 cm³/mol. The van der Waals surface area contributed by atoms with Crippen molar-refractivity contribution < 1.29 is 19.1 Å². The molecule has 1 saturated heterocycles. The summed E-state index contributed by atoms with van der Waals surface area (Å²) >= 11 is 0. The molecule has 0 saturated carbocycles. The first-order chi connectivity index (χ1) is 14.9. The summed E-state index contributed by atoms with van der Waals surface area (Å²) in [5.41, 5.74) is 0.682. The van der Waals surface area contributed by atoms with Gasteiger partial charge in [0.15, 0.2) is 11.5 Å². The van der Waals surface area contributed by atoms with Crippen LogP contribution >= 0.6 is 0 Å². The molecule has 0 radical (unpaired) electrons. The quantitative estimate of drug-likeness (QED) is 0.733. The summed E-state index contributed by atoms with van der Waals surface area (Å²) in [6.07, 6.45) is 4.09. The van der Waals surface area contributed by atoms with E-state index in [1.807, 2.05) is 0 Å². The van der Waals surface area contributed by atoms with E-state index in [1.165, 1.54) is 12.4 Å². The highest BCUT2D eigenvalue weighted by Gasteiger charge is 2.26. The van der Waals surface area contributed by atoms with E-state index >= 15 is 0 Å². The molecule has 164 valence electrons. The van der Waals surface area contributed by atoms with E-state index in [9.17, 15) is 14.4 Å². The minimum absolute atomic E-state index is 0.0416. The highest BCUT2D eigenvalue weighted by atomic mass is 16.5. The molecule has 0 aliphatic carbocycles. The van der Waals surface area contributed by atoms with Gasteiger partial charge in [0.05, 0.1) is 7.11 Å². The molecule has 3 amide bonds. The van der Waals surface area contributed by atoms with Crippen LogP contribution in [0.1, 0.15) is 47.5 Å². The first kappa shape index (κ1) is 22.2. The van der Waals surface area contributed by atoms with E-state index in [4.69, 9.17) is 4.74 Å². The van der Waals surface area contributed by atoms with Crippen molar-refractivity contribution in [2.24, 2.45) is 5.92 Å². The Kier molecular flexibility index (Phi) is 7.17. The van der Waals surface area contributed by atoms with Gasteiger partial charge in [0, 0.05) is 43.0 Å². The predicted octanol–water partition coefficient (Wildman–Crippen LogP) is 2.11. The molecule has 1 aromatic heterocycles. The monoisotopic (exact) mass is 425 g/mol. The fourth-order valence-corrected chi connectivity index (χ4v) is 3.25. The van der Waals surface area contributed by atoms with Crippen LogP contribution in [0.3, 0.4) is 0 Å². The molecule has 3 rings (SSSR count). The molecule has 0 spiro atoms. The molecule has 0 unspecified atom stereocenters. The third-order valence-electron chi connectivity index (χ3n) is 5.13. The third kappa shape index (κ3) is 5.56. The molecule has 9 nitrogen and oxygen atoms in total. The van der Waals surface area contributed by atoms with Crippen molar-refractivity contribution in [3.05, 3.63) is 47.9 Å². The van der Waals surface area contributed by atoms with Crippen LogP contribution in [0.5, 0.6) is 5.75 Å². The Morgan fingerprint density at radius 3 is 2.32 bits per heavy atom. The number of carbonyl (C=O) groups is 3. The lowest BCUT2D eigenvalue weighted by atomic mass is 10.0. The lowest BCUT2D eigenvalue weighted by molar-refractivity contribution is -0.118. The Balaban J connectivity index is 1.57. The minimum Gasteiger partial charge on any atom is -0.497 e. The van der Waals surface area contributed by atoms with E-state index in [2.05, 4.69) is 20.6 Å². The van der Waals surface area contributed by atoms with Gasteiger partial charge in [-0.25, -0.2) is 9.97 Å². The Hall–Kier alpha value is -3.49. The summed E-state index contributed by atoms with van der Waals surface area (Å²) in [6, 6.07) is 6.92.